The highest BCUT2D eigenvalue weighted by Crippen LogP contribution is 2.37. The molecule has 0 aliphatic heterocycles. The minimum absolute atomic E-state index is 0.174. The highest BCUT2D eigenvalue weighted by atomic mass is 79.9. The molecule has 1 aromatic carbocycles. The second-order valence-electron chi connectivity index (χ2n) is 4.23. The van der Waals surface area contributed by atoms with Crippen LogP contribution in [-0.2, 0) is 0 Å². The Kier molecular flexibility index (Phi) is 4.29. The van der Waals surface area contributed by atoms with Gasteiger partial charge >= 0.3 is 5.97 Å². The SMILES string of the molecule is O=C(O)c1cc(Br)c(OC2CCCC2O)c(Br)c1. The lowest BCUT2D eigenvalue weighted by Gasteiger charge is -2.19. The summed E-state index contributed by atoms with van der Waals surface area (Å²) in [4.78, 5) is 10.9. The molecule has 0 radical (unpaired) electrons. The quantitative estimate of drug-likeness (QED) is 0.846. The maximum atomic E-state index is 10.9. The first-order valence-electron chi connectivity index (χ1n) is 5.56. The lowest BCUT2D eigenvalue weighted by molar-refractivity contribution is 0.0592. The van der Waals surface area contributed by atoms with Gasteiger partial charge < -0.3 is 14.9 Å². The number of carboxylic acids is 1. The average molecular weight is 380 g/mol. The Bertz CT molecular complexity index is 452. The highest BCUT2D eigenvalue weighted by molar-refractivity contribution is 9.11. The third-order valence-electron chi connectivity index (χ3n) is 2.93. The Morgan fingerprint density at radius 1 is 1.28 bits per heavy atom. The van der Waals surface area contributed by atoms with Crippen LogP contribution in [0.4, 0.5) is 0 Å². The summed E-state index contributed by atoms with van der Waals surface area (Å²) in [6, 6.07) is 2.98. The van der Waals surface area contributed by atoms with E-state index in [1.54, 1.807) is 0 Å². The molecule has 98 valence electrons. The van der Waals surface area contributed by atoms with Gasteiger partial charge in [-0.25, -0.2) is 4.79 Å². The number of halogens is 2. The molecule has 1 aliphatic carbocycles. The van der Waals surface area contributed by atoms with Crippen molar-refractivity contribution in [2.75, 3.05) is 0 Å². The number of hydrogen-bond donors (Lipinski definition) is 2. The Morgan fingerprint density at radius 2 is 1.89 bits per heavy atom. The van der Waals surface area contributed by atoms with Crippen LogP contribution in [-0.4, -0.2) is 28.4 Å². The number of carbonyl (C=O) groups is 1. The predicted molar refractivity (Wildman–Crippen MR) is 73.1 cm³/mol. The lowest BCUT2D eigenvalue weighted by atomic mass is 10.2. The molecule has 1 aliphatic rings. The minimum atomic E-state index is -0.996. The first-order chi connectivity index (χ1) is 8.49. The van der Waals surface area contributed by atoms with Crippen molar-refractivity contribution >= 4 is 37.8 Å². The van der Waals surface area contributed by atoms with Gasteiger partial charge in [-0.2, -0.15) is 0 Å². The molecule has 1 fully saturated rings. The topological polar surface area (TPSA) is 66.8 Å². The summed E-state index contributed by atoms with van der Waals surface area (Å²) in [7, 11) is 0. The van der Waals surface area contributed by atoms with E-state index in [1.807, 2.05) is 0 Å². The smallest absolute Gasteiger partial charge is 0.335 e. The van der Waals surface area contributed by atoms with Crippen molar-refractivity contribution < 1.29 is 19.7 Å². The molecule has 6 heteroatoms. The monoisotopic (exact) mass is 378 g/mol. The van der Waals surface area contributed by atoms with Crippen molar-refractivity contribution in [1.29, 1.82) is 0 Å². The fourth-order valence-corrected chi connectivity index (χ4v) is 3.36. The number of aliphatic hydroxyl groups excluding tert-OH is 1. The van der Waals surface area contributed by atoms with Gasteiger partial charge in [0.05, 0.1) is 20.6 Å². The molecule has 0 amide bonds. The summed E-state index contributed by atoms with van der Waals surface area (Å²) in [6.45, 7) is 0. The molecule has 0 saturated heterocycles. The summed E-state index contributed by atoms with van der Waals surface area (Å²) in [6.07, 6.45) is 1.80. The van der Waals surface area contributed by atoms with E-state index in [1.165, 1.54) is 12.1 Å². The minimum Gasteiger partial charge on any atom is -0.485 e. The average Bonchev–Trinajstić information content (AvgIpc) is 2.69. The van der Waals surface area contributed by atoms with Gasteiger partial charge in [0.15, 0.2) is 0 Å². The summed E-state index contributed by atoms with van der Waals surface area (Å²) < 4.78 is 6.87. The van der Waals surface area contributed by atoms with Gasteiger partial charge in [0.25, 0.3) is 0 Å². The number of ether oxygens (including phenoxy) is 1. The van der Waals surface area contributed by atoms with E-state index in [9.17, 15) is 9.90 Å². The van der Waals surface area contributed by atoms with Crippen molar-refractivity contribution in [2.24, 2.45) is 0 Å². The zero-order chi connectivity index (χ0) is 13.3. The van der Waals surface area contributed by atoms with E-state index in [0.29, 0.717) is 14.7 Å². The molecular formula is C12H12Br2O4. The Balaban J connectivity index is 2.25. The maximum absolute atomic E-state index is 10.9. The molecule has 0 bridgehead atoms. The Hall–Kier alpha value is -0.590. The van der Waals surface area contributed by atoms with E-state index < -0.39 is 12.1 Å². The molecule has 4 nitrogen and oxygen atoms in total. The summed E-state index contributed by atoms with van der Waals surface area (Å²) in [5.41, 5.74) is 0.174. The van der Waals surface area contributed by atoms with Crippen LogP contribution >= 0.6 is 31.9 Å². The zero-order valence-electron chi connectivity index (χ0n) is 9.40. The lowest BCUT2D eigenvalue weighted by Crippen LogP contribution is -2.26. The maximum Gasteiger partial charge on any atom is 0.335 e. The second-order valence-corrected chi connectivity index (χ2v) is 5.94. The molecule has 2 rings (SSSR count). The highest BCUT2D eigenvalue weighted by Gasteiger charge is 2.28. The Labute approximate surface area is 121 Å². The van der Waals surface area contributed by atoms with E-state index in [2.05, 4.69) is 31.9 Å². The number of benzene rings is 1. The molecule has 0 heterocycles. The van der Waals surface area contributed by atoms with E-state index in [0.717, 1.165) is 19.3 Å². The number of aromatic carboxylic acids is 1. The van der Waals surface area contributed by atoms with Crippen molar-refractivity contribution in [3.8, 4) is 5.75 Å². The summed E-state index contributed by atoms with van der Waals surface area (Å²) >= 11 is 6.59. The van der Waals surface area contributed by atoms with Crippen LogP contribution in [0.5, 0.6) is 5.75 Å². The van der Waals surface area contributed by atoms with E-state index in [-0.39, 0.29) is 11.7 Å². The van der Waals surface area contributed by atoms with Crippen LogP contribution < -0.4 is 4.74 Å². The molecule has 1 aromatic rings. The third kappa shape index (κ3) is 2.87. The summed E-state index contributed by atoms with van der Waals surface area (Å²) in [5.74, 6) is -0.463. The number of rotatable bonds is 3. The number of hydrogen-bond acceptors (Lipinski definition) is 3. The molecule has 2 unspecified atom stereocenters. The first-order valence-corrected chi connectivity index (χ1v) is 7.14. The van der Waals surface area contributed by atoms with Crippen LogP contribution in [0.2, 0.25) is 0 Å². The fraction of sp³-hybridized carbons (Fsp3) is 0.417. The van der Waals surface area contributed by atoms with Crippen LogP contribution in [0.3, 0.4) is 0 Å². The van der Waals surface area contributed by atoms with Gasteiger partial charge in [0.2, 0.25) is 0 Å². The Morgan fingerprint density at radius 3 is 2.33 bits per heavy atom. The van der Waals surface area contributed by atoms with Crippen molar-refractivity contribution in [1.82, 2.24) is 0 Å². The van der Waals surface area contributed by atoms with Gasteiger partial charge in [-0.1, -0.05) is 0 Å². The van der Waals surface area contributed by atoms with Crippen LogP contribution in [0.1, 0.15) is 29.6 Å². The molecule has 2 atom stereocenters. The van der Waals surface area contributed by atoms with Crippen LogP contribution in [0, 0.1) is 0 Å². The molecular weight excluding hydrogens is 368 g/mol. The number of aliphatic hydroxyl groups is 1. The van der Waals surface area contributed by atoms with Gasteiger partial charge in [-0.15, -0.1) is 0 Å². The predicted octanol–water partition coefficient (Wildman–Crippen LogP) is 3.20. The second kappa shape index (κ2) is 5.59. The molecule has 18 heavy (non-hydrogen) atoms. The normalized spacial score (nSPS) is 23.1. The first kappa shape index (κ1) is 13.8. The third-order valence-corrected chi connectivity index (χ3v) is 4.11. The van der Waals surface area contributed by atoms with Gasteiger partial charge in [0.1, 0.15) is 11.9 Å². The van der Waals surface area contributed by atoms with Crippen molar-refractivity contribution in [3.05, 3.63) is 26.6 Å². The van der Waals surface area contributed by atoms with Crippen molar-refractivity contribution in [2.45, 2.75) is 31.5 Å². The molecule has 1 saturated carbocycles. The fourth-order valence-electron chi connectivity index (χ4n) is 1.99. The summed E-state index contributed by atoms with van der Waals surface area (Å²) in [5, 5.41) is 18.7. The van der Waals surface area contributed by atoms with E-state index in [4.69, 9.17) is 9.84 Å². The van der Waals surface area contributed by atoms with Crippen molar-refractivity contribution in [3.63, 3.8) is 0 Å². The molecule has 0 aromatic heterocycles. The molecule has 2 N–H and O–H groups in total. The standard InChI is InChI=1S/C12H12Br2O4/c13-7-4-6(12(16)17)5-8(14)11(7)18-10-3-1-2-9(10)15/h4-5,9-10,15H,1-3H2,(H,16,17). The van der Waals surface area contributed by atoms with Crippen LogP contribution in [0.15, 0.2) is 21.1 Å². The number of carboxylic acid groups (broad SMARTS) is 1. The van der Waals surface area contributed by atoms with Gasteiger partial charge in [0, 0.05) is 0 Å². The zero-order valence-corrected chi connectivity index (χ0v) is 12.6. The van der Waals surface area contributed by atoms with Gasteiger partial charge in [-0.05, 0) is 63.3 Å². The van der Waals surface area contributed by atoms with E-state index >= 15 is 0 Å². The largest absolute Gasteiger partial charge is 0.485 e. The molecule has 0 spiro atoms. The van der Waals surface area contributed by atoms with Crippen LogP contribution in [0.25, 0.3) is 0 Å². The van der Waals surface area contributed by atoms with Gasteiger partial charge in [-0.3, -0.25) is 0 Å².